The van der Waals surface area contributed by atoms with Crippen LogP contribution in [0.1, 0.15) is 24.3 Å². The number of hydrogen-bond acceptors (Lipinski definition) is 2. The summed E-state index contributed by atoms with van der Waals surface area (Å²) in [6.07, 6.45) is 1.02. The lowest BCUT2D eigenvalue weighted by Gasteiger charge is -2.21. The van der Waals surface area contributed by atoms with Crippen molar-refractivity contribution in [2.75, 3.05) is 0 Å². The van der Waals surface area contributed by atoms with Crippen molar-refractivity contribution in [3.8, 4) is 0 Å². The van der Waals surface area contributed by atoms with Gasteiger partial charge in [-0.15, -0.1) is 0 Å². The van der Waals surface area contributed by atoms with Crippen molar-refractivity contribution in [1.82, 2.24) is 5.32 Å². The van der Waals surface area contributed by atoms with Gasteiger partial charge in [0.05, 0.1) is 5.92 Å². The van der Waals surface area contributed by atoms with Crippen molar-refractivity contribution in [3.63, 3.8) is 0 Å². The van der Waals surface area contributed by atoms with E-state index in [1.807, 2.05) is 24.3 Å². The third-order valence-corrected chi connectivity index (χ3v) is 2.98. The average Bonchev–Trinajstić information content (AvgIpc) is 2.17. The number of amides is 2. The molecule has 0 aliphatic carbocycles. The van der Waals surface area contributed by atoms with Crippen molar-refractivity contribution < 1.29 is 9.59 Å². The number of piperidine rings is 1. The first-order valence-electron chi connectivity index (χ1n) is 4.76. The molecule has 1 aromatic carbocycles. The molecule has 15 heavy (non-hydrogen) atoms. The van der Waals surface area contributed by atoms with E-state index in [0.717, 1.165) is 10.0 Å². The highest BCUT2D eigenvalue weighted by Crippen LogP contribution is 2.26. The van der Waals surface area contributed by atoms with Gasteiger partial charge in [-0.25, -0.2) is 0 Å². The molecule has 0 spiro atoms. The maximum Gasteiger partial charge on any atom is 0.234 e. The lowest BCUT2D eigenvalue weighted by Crippen LogP contribution is -2.39. The van der Waals surface area contributed by atoms with Gasteiger partial charge in [0.1, 0.15) is 0 Å². The van der Waals surface area contributed by atoms with Crippen molar-refractivity contribution in [2.45, 2.75) is 18.8 Å². The Kier molecular flexibility index (Phi) is 2.86. The van der Waals surface area contributed by atoms with Crippen LogP contribution in [-0.2, 0) is 9.59 Å². The quantitative estimate of drug-likeness (QED) is 0.791. The van der Waals surface area contributed by atoms with E-state index >= 15 is 0 Å². The Morgan fingerprint density at radius 2 is 2.13 bits per heavy atom. The largest absolute Gasteiger partial charge is 0.296 e. The monoisotopic (exact) mass is 267 g/mol. The van der Waals surface area contributed by atoms with Crippen molar-refractivity contribution in [2.24, 2.45) is 0 Å². The lowest BCUT2D eigenvalue weighted by molar-refractivity contribution is -0.134. The number of halogens is 1. The first kappa shape index (κ1) is 10.4. The second-order valence-electron chi connectivity index (χ2n) is 3.56. The van der Waals surface area contributed by atoms with Gasteiger partial charge < -0.3 is 0 Å². The molecule has 2 rings (SSSR count). The minimum Gasteiger partial charge on any atom is -0.296 e. The Bertz CT molecular complexity index is 417. The van der Waals surface area contributed by atoms with Crippen LogP contribution in [0.15, 0.2) is 28.7 Å². The van der Waals surface area contributed by atoms with Gasteiger partial charge in [0.15, 0.2) is 0 Å². The summed E-state index contributed by atoms with van der Waals surface area (Å²) in [5.74, 6) is -0.559. The number of carbonyl (C=O) groups excluding carboxylic acids is 2. The van der Waals surface area contributed by atoms with Crippen LogP contribution in [0, 0.1) is 0 Å². The lowest BCUT2D eigenvalue weighted by atomic mass is 9.91. The van der Waals surface area contributed by atoms with Crippen molar-refractivity contribution in [1.29, 1.82) is 0 Å². The number of benzene rings is 1. The van der Waals surface area contributed by atoms with E-state index in [4.69, 9.17) is 0 Å². The van der Waals surface area contributed by atoms with Crippen LogP contribution in [-0.4, -0.2) is 11.8 Å². The molecule has 78 valence electrons. The Labute approximate surface area is 96.0 Å². The molecule has 1 fully saturated rings. The molecule has 0 aromatic heterocycles. The summed E-state index contributed by atoms with van der Waals surface area (Å²) in [6, 6.07) is 7.63. The fraction of sp³-hybridized carbons (Fsp3) is 0.273. The molecular weight excluding hydrogens is 258 g/mol. The van der Waals surface area contributed by atoms with Crippen LogP contribution >= 0.6 is 15.9 Å². The number of imide groups is 1. The number of carbonyl (C=O) groups is 2. The Morgan fingerprint density at radius 3 is 2.80 bits per heavy atom. The van der Waals surface area contributed by atoms with Crippen LogP contribution in [0.3, 0.4) is 0 Å². The first-order valence-corrected chi connectivity index (χ1v) is 5.55. The fourth-order valence-corrected chi connectivity index (χ4v) is 2.15. The van der Waals surface area contributed by atoms with E-state index in [2.05, 4.69) is 21.2 Å². The zero-order chi connectivity index (χ0) is 10.8. The molecule has 1 atom stereocenters. The highest BCUT2D eigenvalue weighted by atomic mass is 79.9. The highest BCUT2D eigenvalue weighted by molar-refractivity contribution is 9.10. The third kappa shape index (κ3) is 2.26. The molecule has 0 saturated carbocycles. The maximum atomic E-state index is 11.6. The summed E-state index contributed by atoms with van der Waals surface area (Å²) in [7, 11) is 0. The van der Waals surface area contributed by atoms with Gasteiger partial charge in [-0.05, 0) is 24.1 Å². The van der Waals surface area contributed by atoms with E-state index in [-0.39, 0.29) is 17.7 Å². The van der Waals surface area contributed by atoms with Crippen LogP contribution in [0.4, 0.5) is 0 Å². The molecule has 1 N–H and O–H groups in total. The van der Waals surface area contributed by atoms with Crippen LogP contribution < -0.4 is 5.32 Å². The minimum atomic E-state index is -0.194. The third-order valence-electron chi connectivity index (χ3n) is 2.49. The maximum absolute atomic E-state index is 11.6. The molecule has 0 bridgehead atoms. The SMILES string of the molecule is O=C1CCC(c2cccc(Br)c2)C(=O)N1. The van der Waals surface area contributed by atoms with Gasteiger partial charge in [-0.2, -0.15) is 0 Å². The normalized spacial score (nSPS) is 21.3. The van der Waals surface area contributed by atoms with Gasteiger partial charge in [0.2, 0.25) is 11.8 Å². The molecule has 1 saturated heterocycles. The molecule has 1 aliphatic rings. The van der Waals surface area contributed by atoms with Crippen LogP contribution in [0.5, 0.6) is 0 Å². The zero-order valence-corrected chi connectivity index (χ0v) is 9.58. The molecule has 1 unspecified atom stereocenters. The Hall–Kier alpha value is -1.16. The van der Waals surface area contributed by atoms with Crippen molar-refractivity contribution >= 4 is 27.7 Å². The number of rotatable bonds is 1. The summed E-state index contributed by atoms with van der Waals surface area (Å²) in [6.45, 7) is 0. The van der Waals surface area contributed by atoms with Gasteiger partial charge >= 0.3 is 0 Å². The van der Waals surface area contributed by atoms with Crippen LogP contribution in [0.25, 0.3) is 0 Å². The molecule has 2 amide bonds. The second-order valence-corrected chi connectivity index (χ2v) is 4.47. The molecule has 3 nitrogen and oxygen atoms in total. The predicted octanol–water partition coefficient (Wildman–Crippen LogP) is 1.97. The zero-order valence-electron chi connectivity index (χ0n) is 8.00. The topological polar surface area (TPSA) is 46.2 Å². The summed E-state index contributed by atoms with van der Waals surface area (Å²) in [5.41, 5.74) is 0.953. The average molecular weight is 268 g/mol. The first-order chi connectivity index (χ1) is 7.16. The smallest absolute Gasteiger partial charge is 0.234 e. The van der Waals surface area contributed by atoms with E-state index in [1.54, 1.807) is 0 Å². The van der Waals surface area contributed by atoms with Crippen LogP contribution in [0.2, 0.25) is 0 Å². The fourth-order valence-electron chi connectivity index (χ4n) is 1.73. The van der Waals surface area contributed by atoms with E-state index in [9.17, 15) is 9.59 Å². The summed E-state index contributed by atoms with van der Waals surface area (Å²) in [5, 5.41) is 2.35. The Balaban J connectivity index is 2.24. The minimum absolute atomic E-state index is 0.175. The molecule has 4 heteroatoms. The number of nitrogens with one attached hydrogen (secondary N) is 1. The van der Waals surface area contributed by atoms with Gasteiger partial charge in [0, 0.05) is 10.9 Å². The molecule has 1 heterocycles. The summed E-state index contributed by atoms with van der Waals surface area (Å²) >= 11 is 3.36. The predicted molar refractivity (Wildman–Crippen MR) is 59.3 cm³/mol. The van der Waals surface area contributed by atoms with E-state index in [1.165, 1.54) is 0 Å². The van der Waals surface area contributed by atoms with E-state index < -0.39 is 0 Å². The summed E-state index contributed by atoms with van der Waals surface area (Å²) in [4.78, 5) is 22.5. The highest BCUT2D eigenvalue weighted by Gasteiger charge is 2.27. The molecule has 1 aliphatic heterocycles. The Morgan fingerprint density at radius 1 is 1.33 bits per heavy atom. The number of hydrogen-bond donors (Lipinski definition) is 1. The van der Waals surface area contributed by atoms with Gasteiger partial charge in [0.25, 0.3) is 0 Å². The molecular formula is C11H10BrNO2. The second kappa shape index (κ2) is 4.14. The van der Waals surface area contributed by atoms with Gasteiger partial charge in [-0.1, -0.05) is 28.1 Å². The van der Waals surface area contributed by atoms with Gasteiger partial charge in [-0.3, -0.25) is 14.9 Å². The molecule has 1 aromatic rings. The molecule has 0 radical (unpaired) electrons. The standard InChI is InChI=1S/C11H10BrNO2/c12-8-3-1-2-7(6-8)9-4-5-10(14)13-11(9)15/h1-3,6,9H,4-5H2,(H,13,14,15). The van der Waals surface area contributed by atoms with E-state index in [0.29, 0.717) is 12.8 Å². The summed E-state index contributed by atoms with van der Waals surface area (Å²) < 4.78 is 0.949. The van der Waals surface area contributed by atoms with Crippen molar-refractivity contribution in [3.05, 3.63) is 34.3 Å².